The van der Waals surface area contributed by atoms with Crippen LogP contribution in [-0.2, 0) is 4.79 Å². The number of hydrogen-bond donors (Lipinski definition) is 1. The molecule has 0 radical (unpaired) electrons. The van der Waals surface area contributed by atoms with Crippen LogP contribution in [0.2, 0.25) is 5.02 Å². The molecule has 0 unspecified atom stereocenters. The number of methoxy groups -OCH3 is 1. The van der Waals surface area contributed by atoms with E-state index in [1.807, 2.05) is 18.2 Å². The zero-order chi connectivity index (χ0) is 20.6. The van der Waals surface area contributed by atoms with Gasteiger partial charge in [-0.1, -0.05) is 23.7 Å². The molecule has 7 heteroatoms. The number of hydrogen-bond acceptors (Lipinski definition) is 5. The molecular formula is C22H18ClN3O2S. The zero-order valence-corrected chi connectivity index (χ0v) is 17.3. The van der Waals surface area contributed by atoms with Crippen LogP contribution in [0, 0.1) is 11.3 Å². The Morgan fingerprint density at radius 2 is 1.86 bits per heavy atom. The number of amides is 1. The Balaban J connectivity index is 1.61. The number of halogens is 1. The van der Waals surface area contributed by atoms with Gasteiger partial charge in [0, 0.05) is 28.4 Å². The van der Waals surface area contributed by atoms with E-state index >= 15 is 0 Å². The average molecular weight is 424 g/mol. The molecule has 1 aromatic heterocycles. The molecule has 0 aliphatic heterocycles. The van der Waals surface area contributed by atoms with Gasteiger partial charge in [0.1, 0.15) is 16.8 Å². The molecule has 5 nitrogen and oxygen atoms in total. The van der Waals surface area contributed by atoms with Crippen molar-refractivity contribution in [1.29, 1.82) is 5.26 Å². The van der Waals surface area contributed by atoms with Crippen molar-refractivity contribution in [2.75, 3.05) is 18.2 Å². The molecule has 1 N–H and O–H groups in total. The molecule has 0 fully saturated rings. The van der Waals surface area contributed by atoms with Crippen LogP contribution >= 0.6 is 23.4 Å². The first-order valence-electron chi connectivity index (χ1n) is 8.83. The lowest BCUT2D eigenvalue weighted by Gasteiger charge is -2.08. The Morgan fingerprint density at radius 1 is 1.14 bits per heavy atom. The molecule has 0 aliphatic rings. The summed E-state index contributed by atoms with van der Waals surface area (Å²) in [4.78, 5) is 16.8. The summed E-state index contributed by atoms with van der Waals surface area (Å²) in [5.74, 6) is 1.14. The molecule has 3 aromatic rings. The highest BCUT2D eigenvalue weighted by Crippen LogP contribution is 2.26. The van der Waals surface area contributed by atoms with Crippen molar-refractivity contribution >= 4 is 35.0 Å². The van der Waals surface area contributed by atoms with Crippen molar-refractivity contribution in [3.8, 4) is 23.1 Å². The monoisotopic (exact) mass is 423 g/mol. The van der Waals surface area contributed by atoms with Gasteiger partial charge in [0.05, 0.1) is 18.4 Å². The Labute approximate surface area is 178 Å². The first-order chi connectivity index (χ1) is 14.1. The third kappa shape index (κ3) is 5.74. The summed E-state index contributed by atoms with van der Waals surface area (Å²) in [7, 11) is 1.59. The number of aromatic nitrogens is 1. The fraction of sp³-hybridized carbons (Fsp3) is 0.136. The predicted octanol–water partition coefficient (Wildman–Crippen LogP) is 5.40. The lowest BCUT2D eigenvalue weighted by atomic mass is 10.1. The van der Waals surface area contributed by atoms with E-state index in [4.69, 9.17) is 16.3 Å². The van der Waals surface area contributed by atoms with Crippen LogP contribution in [0.25, 0.3) is 11.3 Å². The van der Waals surface area contributed by atoms with Crippen molar-refractivity contribution in [1.82, 2.24) is 4.98 Å². The number of thioether (sulfide) groups is 1. The molecule has 1 amide bonds. The summed E-state index contributed by atoms with van der Waals surface area (Å²) >= 11 is 7.33. The zero-order valence-electron chi connectivity index (χ0n) is 15.7. The minimum atomic E-state index is -0.102. The molecule has 2 aromatic carbocycles. The molecule has 0 atom stereocenters. The Kier molecular flexibility index (Phi) is 7.12. The highest BCUT2D eigenvalue weighted by Gasteiger charge is 2.10. The van der Waals surface area contributed by atoms with Gasteiger partial charge in [0.2, 0.25) is 5.91 Å². The van der Waals surface area contributed by atoms with Gasteiger partial charge >= 0.3 is 0 Å². The maximum atomic E-state index is 12.2. The lowest BCUT2D eigenvalue weighted by Crippen LogP contribution is -2.12. The molecule has 0 saturated heterocycles. The normalized spacial score (nSPS) is 10.2. The minimum absolute atomic E-state index is 0.102. The van der Waals surface area contributed by atoms with Gasteiger partial charge in [-0.15, -0.1) is 11.8 Å². The summed E-state index contributed by atoms with van der Waals surface area (Å²) < 4.78 is 5.10. The number of nitriles is 1. The topological polar surface area (TPSA) is 75.0 Å². The molecule has 0 aliphatic carbocycles. The van der Waals surface area contributed by atoms with E-state index in [1.54, 1.807) is 49.6 Å². The fourth-order valence-electron chi connectivity index (χ4n) is 2.56. The molecule has 0 bridgehead atoms. The van der Waals surface area contributed by atoms with Crippen molar-refractivity contribution < 1.29 is 9.53 Å². The van der Waals surface area contributed by atoms with Gasteiger partial charge in [-0.2, -0.15) is 5.26 Å². The fourth-order valence-corrected chi connectivity index (χ4v) is 3.59. The summed E-state index contributed by atoms with van der Waals surface area (Å²) in [5.41, 5.74) is 2.87. The van der Waals surface area contributed by atoms with E-state index in [0.717, 1.165) is 17.0 Å². The predicted molar refractivity (Wildman–Crippen MR) is 116 cm³/mol. The number of pyridine rings is 1. The van der Waals surface area contributed by atoms with E-state index in [9.17, 15) is 10.1 Å². The maximum Gasteiger partial charge on any atom is 0.225 e. The standard InChI is InChI=1S/C22H18ClN3O2S/c1-28-19-9-7-18(8-10-19)25-21(27)12-13-29-22-16(14-24)4-11-20(26-22)15-2-5-17(23)6-3-15/h2-11H,12-13H2,1H3,(H,25,27). The smallest absolute Gasteiger partial charge is 0.225 e. The van der Waals surface area contributed by atoms with Gasteiger partial charge in [-0.3, -0.25) is 4.79 Å². The van der Waals surface area contributed by atoms with Crippen molar-refractivity contribution in [3.05, 3.63) is 71.2 Å². The number of rotatable bonds is 7. The molecule has 3 rings (SSSR count). The van der Waals surface area contributed by atoms with E-state index in [1.165, 1.54) is 11.8 Å². The van der Waals surface area contributed by atoms with E-state index in [-0.39, 0.29) is 5.91 Å². The highest BCUT2D eigenvalue weighted by atomic mass is 35.5. The molecule has 146 valence electrons. The quantitative estimate of drug-likeness (QED) is 0.514. The molecule has 1 heterocycles. The van der Waals surface area contributed by atoms with Gasteiger partial charge in [0.25, 0.3) is 0 Å². The molecular weight excluding hydrogens is 406 g/mol. The van der Waals surface area contributed by atoms with E-state index in [0.29, 0.717) is 33.5 Å². The average Bonchev–Trinajstić information content (AvgIpc) is 2.75. The van der Waals surface area contributed by atoms with Crippen LogP contribution in [0.5, 0.6) is 5.75 Å². The number of nitrogens with zero attached hydrogens (tertiary/aromatic N) is 2. The minimum Gasteiger partial charge on any atom is -0.497 e. The van der Waals surface area contributed by atoms with Gasteiger partial charge in [0.15, 0.2) is 0 Å². The van der Waals surface area contributed by atoms with E-state index < -0.39 is 0 Å². The lowest BCUT2D eigenvalue weighted by molar-refractivity contribution is -0.115. The van der Waals surface area contributed by atoms with Crippen LogP contribution in [0.1, 0.15) is 12.0 Å². The molecule has 0 spiro atoms. The second-order valence-electron chi connectivity index (χ2n) is 6.04. The molecule has 0 saturated carbocycles. The first kappa shape index (κ1) is 20.7. The Hall–Kier alpha value is -3.01. The van der Waals surface area contributed by atoms with Crippen molar-refractivity contribution in [2.45, 2.75) is 11.4 Å². The van der Waals surface area contributed by atoms with Crippen molar-refractivity contribution in [3.63, 3.8) is 0 Å². The number of benzene rings is 2. The number of carbonyl (C=O) groups excluding carboxylic acids is 1. The van der Waals surface area contributed by atoms with Gasteiger partial charge < -0.3 is 10.1 Å². The Morgan fingerprint density at radius 3 is 2.52 bits per heavy atom. The Bertz CT molecular complexity index is 1030. The third-order valence-electron chi connectivity index (χ3n) is 4.06. The summed E-state index contributed by atoms with van der Waals surface area (Å²) in [5, 5.41) is 13.5. The molecule has 29 heavy (non-hydrogen) atoms. The number of carbonyl (C=O) groups is 1. The third-order valence-corrected chi connectivity index (χ3v) is 5.31. The second-order valence-corrected chi connectivity index (χ2v) is 7.56. The maximum absolute atomic E-state index is 12.2. The SMILES string of the molecule is COc1ccc(NC(=O)CCSc2nc(-c3ccc(Cl)cc3)ccc2C#N)cc1. The van der Waals surface area contributed by atoms with E-state index in [2.05, 4.69) is 16.4 Å². The number of ether oxygens (including phenoxy) is 1. The van der Waals surface area contributed by atoms with Crippen LogP contribution in [0.15, 0.2) is 65.7 Å². The van der Waals surface area contributed by atoms with Crippen LogP contribution in [-0.4, -0.2) is 23.8 Å². The summed E-state index contributed by atoms with van der Waals surface area (Å²) in [6.07, 6.45) is 0.300. The number of anilines is 1. The first-order valence-corrected chi connectivity index (χ1v) is 10.2. The number of nitrogens with one attached hydrogen (secondary N) is 1. The van der Waals surface area contributed by atoms with Crippen LogP contribution in [0.4, 0.5) is 5.69 Å². The van der Waals surface area contributed by atoms with Gasteiger partial charge in [-0.25, -0.2) is 4.98 Å². The van der Waals surface area contributed by atoms with Crippen molar-refractivity contribution in [2.24, 2.45) is 0 Å². The van der Waals surface area contributed by atoms with Crippen LogP contribution in [0.3, 0.4) is 0 Å². The summed E-state index contributed by atoms with van der Waals surface area (Å²) in [6, 6.07) is 20.2. The van der Waals surface area contributed by atoms with Gasteiger partial charge in [-0.05, 0) is 48.5 Å². The summed E-state index contributed by atoms with van der Waals surface area (Å²) in [6.45, 7) is 0. The van der Waals surface area contributed by atoms with Crippen LogP contribution < -0.4 is 10.1 Å². The second kappa shape index (κ2) is 9.97. The highest BCUT2D eigenvalue weighted by molar-refractivity contribution is 7.99. The largest absolute Gasteiger partial charge is 0.497 e.